The maximum absolute atomic E-state index is 6.20. The van der Waals surface area contributed by atoms with Gasteiger partial charge in [-0.15, -0.1) is 0 Å². The van der Waals surface area contributed by atoms with E-state index in [4.69, 9.17) is 27.9 Å². The molecule has 0 aliphatic heterocycles. The lowest BCUT2D eigenvalue weighted by Gasteiger charge is -2.14. The fourth-order valence-corrected chi connectivity index (χ4v) is 2.27. The monoisotopic (exact) mass is 295 g/mol. The summed E-state index contributed by atoms with van der Waals surface area (Å²) >= 11 is 12.2. The van der Waals surface area contributed by atoms with Crippen molar-refractivity contribution in [1.82, 2.24) is 0 Å². The van der Waals surface area contributed by atoms with Gasteiger partial charge in [-0.1, -0.05) is 35.3 Å². The Morgan fingerprint density at radius 1 is 1.16 bits per heavy atom. The van der Waals surface area contributed by atoms with Crippen LogP contribution in [0.1, 0.15) is 11.1 Å². The van der Waals surface area contributed by atoms with Gasteiger partial charge in [0.2, 0.25) is 0 Å². The zero-order valence-corrected chi connectivity index (χ0v) is 12.3. The molecule has 0 bridgehead atoms. The van der Waals surface area contributed by atoms with Crippen LogP contribution >= 0.6 is 23.2 Å². The van der Waals surface area contributed by atoms with Crippen molar-refractivity contribution < 1.29 is 4.74 Å². The summed E-state index contributed by atoms with van der Waals surface area (Å²) in [5.41, 5.74) is 3.07. The number of hydrogen-bond donors (Lipinski definition) is 1. The zero-order valence-electron chi connectivity index (χ0n) is 10.8. The molecule has 1 N–H and O–H groups in total. The van der Waals surface area contributed by atoms with E-state index in [9.17, 15) is 0 Å². The molecule has 0 fully saturated rings. The molecule has 0 aliphatic rings. The van der Waals surface area contributed by atoms with Crippen molar-refractivity contribution in [3.63, 3.8) is 0 Å². The largest absolute Gasteiger partial charge is 0.496 e. The Morgan fingerprint density at radius 2 is 1.95 bits per heavy atom. The molecule has 0 saturated carbocycles. The molecule has 0 radical (unpaired) electrons. The number of nitrogens with one attached hydrogen (secondary N) is 1. The first-order valence-electron chi connectivity index (χ1n) is 5.93. The van der Waals surface area contributed by atoms with Crippen LogP contribution < -0.4 is 10.1 Å². The van der Waals surface area contributed by atoms with Gasteiger partial charge in [-0.25, -0.2) is 0 Å². The highest BCUT2D eigenvalue weighted by atomic mass is 35.5. The number of methoxy groups -OCH3 is 1. The SMILES string of the molecule is COc1cccc(Cl)c1CNc1cc(Cl)ccc1C. The van der Waals surface area contributed by atoms with Crippen molar-refractivity contribution in [3.8, 4) is 5.75 Å². The molecule has 0 amide bonds. The lowest BCUT2D eigenvalue weighted by molar-refractivity contribution is 0.410. The predicted octanol–water partition coefficient (Wildman–Crippen LogP) is 4.92. The van der Waals surface area contributed by atoms with Crippen LogP contribution in [0.25, 0.3) is 0 Å². The van der Waals surface area contributed by atoms with Crippen LogP contribution in [0.3, 0.4) is 0 Å². The van der Waals surface area contributed by atoms with Crippen molar-refractivity contribution in [2.75, 3.05) is 12.4 Å². The van der Waals surface area contributed by atoms with Crippen molar-refractivity contribution in [2.45, 2.75) is 13.5 Å². The number of hydrogen-bond acceptors (Lipinski definition) is 2. The molecule has 0 aliphatic carbocycles. The van der Waals surface area contributed by atoms with Crippen molar-refractivity contribution in [2.24, 2.45) is 0 Å². The van der Waals surface area contributed by atoms with Crippen molar-refractivity contribution in [1.29, 1.82) is 0 Å². The summed E-state index contributed by atoms with van der Waals surface area (Å²) < 4.78 is 5.32. The van der Waals surface area contributed by atoms with E-state index in [1.807, 2.05) is 43.3 Å². The molecule has 0 atom stereocenters. The van der Waals surface area contributed by atoms with Crippen molar-refractivity contribution >= 4 is 28.9 Å². The molecule has 2 aromatic carbocycles. The van der Waals surface area contributed by atoms with Crippen LogP contribution in [0.15, 0.2) is 36.4 Å². The van der Waals surface area contributed by atoms with Gasteiger partial charge in [0.15, 0.2) is 0 Å². The minimum atomic E-state index is 0.587. The molecule has 2 nitrogen and oxygen atoms in total. The minimum absolute atomic E-state index is 0.587. The van der Waals surface area contributed by atoms with Gasteiger partial charge in [0.25, 0.3) is 0 Å². The van der Waals surface area contributed by atoms with E-state index in [-0.39, 0.29) is 0 Å². The summed E-state index contributed by atoms with van der Waals surface area (Å²) in [6.07, 6.45) is 0. The highest BCUT2D eigenvalue weighted by Gasteiger charge is 2.08. The maximum Gasteiger partial charge on any atom is 0.125 e. The third kappa shape index (κ3) is 3.34. The van der Waals surface area contributed by atoms with Gasteiger partial charge in [-0.3, -0.25) is 0 Å². The summed E-state index contributed by atoms with van der Waals surface area (Å²) in [6.45, 7) is 2.62. The molecule has 2 rings (SSSR count). The van der Waals surface area contributed by atoms with E-state index in [0.717, 1.165) is 22.6 Å². The Balaban J connectivity index is 2.21. The molecular weight excluding hydrogens is 281 g/mol. The Bertz CT molecular complexity index is 584. The summed E-state index contributed by atoms with van der Waals surface area (Å²) in [5.74, 6) is 0.777. The van der Waals surface area contributed by atoms with E-state index in [0.29, 0.717) is 16.6 Å². The molecule has 0 saturated heterocycles. The zero-order chi connectivity index (χ0) is 13.8. The van der Waals surface area contributed by atoms with Gasteiger partial charge in [-0.2, -0.15) is 0 Å². The minimum Gasteiger partial charge on any atom is -0.496 e. The maximum atomic E-state index is 6.20. The predicted molar refractivity (Wildman–Crippen MR) is 81.5 cm³/mol. The second-order valence-corrected chi connectivity index (χ2v) is 5.08. The van der Waals surface area contributed by atoms with Gasteiger partial charge in [0, 0.05) is 27.8 Å². The molecule has 19 heavy (non-hydrogen) atoms. The Hall–Kier alpha value is -1.38. The summed E-state index contributed by atoms with van der Waals surface area (Å²) in [4.78, 5) is 0. The third-order valence-corrected chi connectivity index (χ3v) is 3.54. The standard InChI is InChI=1S/C15H15Cl2NO/c1-10-6-7-11(16)8-14(10)18-9-12-13(17)4-3-5-15(12)19-2/h3-8,18H,9H2,1-2H3. The first-order valence-corrected chi connectivity index (χ1v) is 6.69. The molecule has 0 unspecified atom stereocenters. The van der Waals surface area contributed by atoms with Gasteiger partial charge in [0.05, 0.1) is 7.11 Å². The smallest absolute Gasteiger partial charge is 0.125 e. The van der Waals surface area contributed by atoms with Gasteiger partial charge in [0.1, 0.15) is 5.75 Å². The van der Waals surface area contributed by atoms with Gasteiger partial charge in [-0.05, 0) is 36.8 Å². The molecule has 4 heteroatoms. The lowest BCUT2D eigenvalue weighted by atomic mass is 10.1. The first-order chi connectivity index (χ1) is 9.11. The number of aryl methyl sites for hydroxylation is 1. The molecular formula is C15H15Cl2NO. The van der Waals surface area contributed by atoms with Crippen LogP contribution in [-0.2, 0) is 6.54 Å². The number of anilines is 1. The molecule has 0 spiro atoms. The van der Waals surface area contributed by atoms with Crippen LogP contribution in [0, 0.1) is 6.92 Å². The normalized spacial score (nSPS) is 10.3. The summed E-state index contributed by atoms with van der Waals surface area (Å²) in [5, 5.41) is 4.73. The molecule has 100 valence electrons. The van der Waals surface area contributed by atoms with E-state index in [2.05, 4.69) is 5.32 Å². The third-order valence-electron chi connectivity index (χ3n) is 2.95. The quantitative estimate of drug-likeness (QED) is 0.864. The van der Waals surface area contributed by atoms with Crippen LogP contribution in [0.4, 0.5) is 5.69 Å². The summed E-state index contributed by atoms with van der Waals surface area (Å²) in [6, 6.07) is 11.4. The molecule has 2 aromatic rings. The second kappa shape index (κ2) is 6.18. The highest BCUT2D eigenvalue weighted by molar-refractivity contribution is 6.31. The summed E-state index contributed by atoms with van der Waals surface area (Å²) in [7, 11) is 1.64. The van der Waals surface area contributed by atoms with Gasteiger partial charge < -0.3 is 10.1 Å². The Kier molecular flexibility index (Phi) is 4.56. The number of halogens is 2. The fourth-order valence-electron chi connectivity index (χ4n) is 1.87. The van der Waals surface area contributed by atoms with E-state index in [1.165, 1.54) is 0 Å². The van der Waals surface area contributed by atoms with E-state index in [1.54, 1.807) is 7.11 Å². The topological polar surface area (TPSA) is 21.3 Å². The van der Waals surface area contributed by atoms with Crippen LogP contribution in [-0.4, -0.2) is 7.11 Å². The second-order valence-electron chi connectivity index (χ2n) is 4.23. The van der Waals surface area contributed by atoms with Gasteiger partial charge >= 0.3 is 0 Å². The Labute approximate surface area is 123 Å². The Morgan fingerprint density at radius 3 is 2.68 bits per heavy atom. The molecule has 0 aromatic heterocycles. The number of ether oxygens (including phenoxy) is 1. The molecule has 0 heterocycles. The average molecular weight is 296 g/mol. The van der Waals surface area contributed by atoms with E-state index >= 15 is 0 Å². The average Bonchev–Trinajstić information content (AvgIpc) is 2.40. The van der Waals surface area contributed by atoms with Crippen LogP contribution in [0.5, 0.6) is 5.75 Å². The number of benzene rings is 2. The first kappa shape index (κ1) is 14.0. The van der Waals surface area contributed by atoms with E-state index < -0.39 is 0 Å². The highest BCUT2D eigenvalue weighted by Crippen LogP contribution is 2.28. The number of rotatable bonds is 4. The fraction of sp³-hybridized carbons (Fsp3) is 0.200. The van der Waals surface area contributed by atoms with Crippen LogP contribution in [0.2, 0.25) is 10.0 Å². The van der Waals surface area contributed by atoms with Crippen molar-refractivity contribution in [3.05, 3.63) is 57.6 Å². The lowest BCUT2D eigenvalue weighted by Crippen LogP contribution is -2.03.